The molecule has 224 valence electrons. The van der Waals surface area contributed by atoms with Crippen LogP contribution in [-0.2, 0) is 11.2 Å². The Morgan fingerprint density at radius 2 is 1.86 bits per heavy atom. The molecule has 2 aliphatic rings. The number of nitrogens with zero attached hydrogens (tertiary/aromatic N) is 6. The van der Waals surface area contributed by atoms with Crippen LogP contribution in [0.15, 0.2) is 47.3 Å². The van der Waals surface area contributed by atoms with Gasteiger partial charge in [0.1, 0.15) is 24.7 Å². The molecule has 1 saturated carbocycles. The van der Waals surface area contributed by atoms with E-state index in [0.717, 1.165) is 18.5 Å². The molecule has 0 radical (unpaired) electrons. The van der Waals surface area contributed by atoms with Gasteiger partial charge in [-0.25, -0.2) is 9.97 Å². The van der Waals surface area contributed by atoms with E-state index in [1.807, 2.05) is 30.3 Å². The van der Waals surface area contributed by atoms with Crippen LogP contribution in [0.2, 0.25) is 0 Å². The molecule has 2 fully saturated rings. The Balaban J connectivity index is 1.30. The average molecular weight is 578 g/mol. The Labute approximate surface area is 244 Å². The van der Waals surface area contributed by atoms with Crippen LogP contribution in [-0.4, -0.2) is 71.9 Å². The molecule has 3 aromatic heterocycles. The Hall–Kier alpha value is -3.58. The summed E-state index contributed by atoms with van der Waals surface area (Å²) in [4.78, 5) is 20.1. The second-order valence-corrected chi connectivity index (χ2v) is 11.3. The molecule has 4 heterocycles. The number of anilines is 2. The lowest BCUT2D eigenvalue weighted by atomic mass is 9.87. The van der Waals surface area contributed by atoms with E-state index in [1.54, 1.807) is 22.6 Å². The van der Waals surface area contributed by atoms with E-state index in [0.29, 0.717) is 47.6 Å². The first-order valence-corrected chi connectivity index (χ1v) is 14.8. The van der Waals surface area contributed by atoms with E-state index in [1.165, 1.54) is 38.4 Å². The van der Waals surface area contributed by atoms with Crippen LogP contribution >= 0.6 is 0 Å². The summed E-state index contributed by atoms with van der Waals surface area (Å²) in [6.07, 6.45) is 6.70. The fraction of sp³-hybridized carbons (Fsp3) is 0.533. The molecule has 12 heteroatoms. The number of benzene rings is 1. The summed E-state index contributed by atoms with van der Waals surface area (Å²) in [6, 6.07) is 10.0. The van der Waals surface area contributed by atoms with Gasteiger partial charge in [0.05, 0.1) is 12.5 Å². The highest BCUT2D eigenvalue weighted by atomic mass is 16.6. The van der Waals surface area contributed by atoms with Gasteiger partial charge < -0.3 is 34.7 Å². The minimum absolute atomic E-state index is 0.193. The molecule has 0 bridgehead atoms. The molecule has 1 aromatic carbocycles. The molecule has 1 aliphatic carbocycles. The maximum Gasteiger partial charge on any atom is 0.231 e. The summed E-state index contributed by atoms with van der Waals surface area (Å²) in [5, 5.41) is 35.6. The normalized spacial score (nSPS) is 23.0. The third-order valence-corrected chi connectivity index (χ3v) is 8.34. The summed E-state index contributed by atoms with van der Waals surface area (Å²) in [7, 11) is 0. The number of hydrogen-bond acceptors (Lipinski definition) is 11. The van der Waals surface area contributed by atoms with Crippen LogP contribution in [0.1, 0.15) is 68.1 Å². The fourth-order valence-corrected chi connectivity index (χ4v) is 5.97. The molecular weight excluding hydrogens is 538 g/mol. The van der Waals surface area contributed by atoms with Gasteiger partial charge in [0.2, 0.25) is 11.8 Å². The minimum Gasteiger partial charge on any atom is -0.443 e. The topological polar surface area (TPSA) is 155 Å². The lowest BCUT2D eigenvalue weighted by molar-refractivity contribution is -0.0438. The Bertz CT molecular complexity index is 1460. The van der Waals surface area contributed by atoms with Crippen LogP contribution in [0.3, 0.4) is 0 Å². The fourth-order valence-electron chi connectivity index (χ4n) is 5.97. The Kier molecular flexibility index (Phi) is 8.66. The number of aliphatic hydroxyl groups is 3. The highest BCUT2D eigenvalue weighted by molar-refractivity contribution is 5.84. The van der Waals surface area contributed by atoms with Gasteiger partial charge in [-0.2, -0.15) is 9.97 Å². The van der Waals surface area contributed by atoms with Crippen molar-refractivity contribution in [3.8, 4) is 0 Å². The number of hydrogen-bond donors (Lipinski definition) is 4. The lowest BCUT2D eigenvalue weighted by Gasteiger charge is -2.23. The van der Waals surface area contributed by atoms with Crippen LogP contribution in [0, 0.1) is 12.8 Å². The van der Waals surface area contributed by atoms with Gasteiger partial charge in [-0.05, 0) is 31.2 Å². The van der Waals surface area contributed by atoms with Gasteiger partial charge in [0, 0.05) is 13.1 Å². The summed E-state index contributed by atoms with van der Waals surface area (Å²) in [6.45, 7) is 2.70. The Morgan fingerprint density at radius 3 is 2.60 bits per heavy atom. The van der Waals surface area contributed by atoms with Gasteiger partial charge in [0.25, 0.3) is 0 Å². The quantitative estimate of drug-likeness (QED) is 0.194. The summed E-state index contributed by atoms with van der Waals surface area (Å²) in [5.74, 6) is 2.34. The van der Waals surface area contributed by atoms with E-state index in [9.17, 15) is 15.3 Å². The molecule has 6 rings (SSSR count). The predicted octanol–water partition coefficient (Wildman–Crippen LogP) is 3.50. The first-order valence-electron chi connectivity index (χ1n) is 14.8. The highest BCUT2D eigenvalue weighted by Gasteiger charge is 2.47. The van der Waals surface area contributed by atoms with E-state index in [4.69, 9.17) is 19.1 Å². The molecule has 4 N–H and O–H groups in total. The number of fused-ring (bicyclic) bond motifs is 1. The van der Waals surface area contributed by atoms with Crippen LogP contribution in [0.5, 0.6) is 0 Å². The second-order valence-electron chi connectivity index (χ2n) is 11.3. The monoisotopic (exact) mass is 577 g/mol. The smallest absolute Gasteiger partial charge is 0.231 e. The molecule has 0 spiro atoms. The largest absolute Gasteiger partial charge is 0.443 e. The summed E-state index contributed by atoms with van der Waals surface area (Å²) < 4.78 is 13.3. The van der Waals surface area contributed by atoms with Crippen molar-refractivity contribution in [1.29, 1.82) is 0 Å². The first kappa shape index (κ1) is 28.5. The van der Waals surface area contributed by atoms with Gasteiger partial charge >= 0.3 is 0 Å². The average Bonchev–Trinajstić information content (AvgIpc) is 3.72. The standard InChI is InChI=1S/C30H39N7O5/c1-19-16-32-28(41-19)25-23(39)24(40)29(42-25)37-17-33-22-26(31-14-12-20-8-4-2-5-9-20)34-30(35-27(22)37)36(18-38)15-13-21-10-6-3-7-11-21/h3,6-7,10-11,16-17,20,23-25,29,38-40H,2,4-5,8-9,12-15,18H2,1H3,(H,31,34,35)/t23-,24+,25-,29+/m0/s1. The number of imidazole rings is 1. The third-order valence-electron chi connectivity index (χ3n) is 8.34. The zero-order chi connectivity index (χ0) is 29.1. The van der Waals surface area contributed by atoms with Crippen LogP contribution in [0.25, 0.3) is 11.2 Å². The molecule has 1 aliphatic heterocycles. The maximum absolute atomic E-state index is 11.0. The summed E-state index contributed by atoms with van der Waals surface area (Å²) >= 11 is 0. The van der Waals surface area contributed by atoms with Crippen molar-refractivity contribution in [3.05, 3.63) is 60.1 Å². The summed E-state index contributed by atoms with van der Waals surface area (Å²) in [5.41, 5.74) is 2.07. The van der Waals surface area contributed by atoms with Crippen molar-refractivity contribution in [1.82, 2.24) is 24.5 Å². The van der Waals surface area contributed by atoms with Crippen LogP contribution in [0.4, 0.5) is 11.8 Å². The SMILES string of the molecule is Cc1cnc([C@H]2O[C@@H](n3cnc4c(NCCC5CCCCC5)nc(N(CO)CCc5ccccc5)nc43)[C@H](O)[C@@H]2O)o1. The van der Waals surface area contributed by atoms with E-state index in [-0.39, 0.29) is 12.6 Å². The lowest BCUT2D eigenvalue weighted by Crippen LogP contribution is -2.30. The second kappa shape index (κ2) is 12.7. The van der Waals surface area contributed by atoms with Crippen molar-refractivity contribution in [3.63, 3.8) is 0 Å². The van der Waals surface area contributed by atoms with Crippen molar-refractivity contribution in [2.45, 2.75) is 76.4 Å². The maximum atomic E-state index is 11.0. The van der Waals surface area contributed by atoms with Gasteiger partial charge in [-0.1, -0.05) is 62.4 Å². The van der Waals surface area contributed by atoms with Crippen molar-refractivity contribution in [2.24, 2.45) is 5.92 Å². The number of oxazole rings is 1. The third kappa shape index (κ3) is 5.98. The Morgan fingerprint density at radius 1 is 1.05 bits per heavy atom. The number of aryl methyl sites for hydroxylation is 1. The van der Waals surface area contributed by atoms with Crippen LogP contribution < -0.4 is 10.2 Å². The van der Waals surface area contributed by atoms with E-state index >= 15 is 0 Å². The molecule has 42 heavy (non-hydrogen) atoms. The molecule has 0 unspecified atom stereocenters. The van der Waals surface area contributed by atoms with Crippen molar-refractivity contribution in [2.75, 3.05) is 30.0 Å². The van der Waals surface area contributed by atoms with Crippen molar-refractivity contribution >= 4 is 22.9 Å². The van der Waals surface area contributed by atoms with E-state index in [2.05, 4.69) is 15.3 Å². The minimum atomic E-state index is -1.28. The number of aliphatic hydroxyl groups excluding tert-OH is 3. The number of ether oxygens (including phenoxy) is 1. The highest BCUT2D eigenvalue weighted by Crippen LogP contribution is 2.40. The molecule has 1 saturated heterocycles. The molecule has 4 atom stereocenters. The van der Waals surface area contributed by atoms with Gasteiger partial charge in [-0.15, -0.1) is 0 Å². The van der Waals surface area contributed by atoms with Gasteiger partial charge in [-0.3, -0.25) is 4.57 Å². The predicted molar refractivity (Wildman–Crippen MR) is 156 cm³/mol. The first-order chi connectivity index (χ1) is 20.5. The van der Waals surface area contributed by atoms with Crippen molar-refractivity contribution < 1.29 is 24.5 Å². The number of aromatic nitrogens is 5. The molecular formula is C30H39N7O5. The molecule has 0 amide bonds. The van der Waals surface area contributed by atoms with E-state index < -0.39 is 24.5 Å². The molecule has 12 nitrogen and oxygen atoms in total. The zero-order valence-electron chi connectivity index (χ0n) is 23.8. The van der Waals surface area contributed by atoms with Gasteiger partial charge in [0.15, 0.2) is 29.3 Å². The number of rotatable bonds is 11. The number of nitrogens with one attached hydrogen (secondary N) is 1. The molecule has 4 aromatic rings. The zero-order valence-corrected chi connectivity index (χ0v) is 23.8.